The van der Waals surface area contributed by atoms with Crippen LogP contribution in [0.25, 0.3) is 0 Å². The second kappa shape index (κ2) is 6.11. The topological polar surface area (TPSA) is 76.1 Å². The Morgan fingerprint density at radius 3 is 2.90 bits per heavy atom. The summed E-state index contributed by atoms with van der Waals surface area (Å²) in [7, 11) is 1.25. The summed E-state index contributed by atoms with van der Waals surface area (Å²) >= 11 is 5.73. The van der Waals surface area contributed by atoms with Gasteiger partial charge in [-0.2, -0.15) is 0 Å². The van der Waals surface area contributed by atoms with Crippen molar-refractivity contribution in [2.24, 2.45) is 0 Å². The molecule has 1 aliphatic heterocycles. The van der Waals surface area contributed by atoms with Gasteiger partial charge >= 0.3 is 5.97 Å². The second-order valence-electron chi connectivity index (χ2n) is 4.27. The number of halogens is 1. The average Bonchev–Trinajstić information content (AvgIpc) is 2.46. The molecule has 2 rings (SSSR count). The van der Waals surface area contributed by atoms with E-state index in [1.165, 1.54) is 30.2 Å². The van der Waals surface area contributed by atoms with Crippen molar-refractivity contribution < 1.29 is 24.2 Å². The number of amides is 1. The molecule has 1 aromatic rings. The van der Waals surface area contributed by atoms with E-state index < -0.39 is 17.9 Å². The predicted molar refractivity (Wildman–Crippen MR) is 70.8 cm³/mol. The Hall–Kier alpha value is -1.79. The molecule has 1 N–H and O–H groups in total. The quantitative estimate of drug-likeness (QED) is 0.826. The highest BCUT2D eigenvalue weighted by Gasteiger charge is 2.34. The first-order chi connectivity index (χ1) is 9.54. The van der Waals surface area contributed by atoms with Gasteiger partial charge in [0.05, 0.1) is 25.9 Å². The fraction of sp³-hybridized carbons (Fsp3) is 0.385. The summed E-state index contributed by atoms with van der Waals surface area (Å²) < 4.78 is 9.85. The molecule has 0 spiro atoms. The molecule has 0 radical (unpaired) electrons. The third kappa shape index (κ3) is 2.86. The van der Waals surface area contributed by atoms with Crippen LogP contribution in [0.15, 0.2) is 18.2 Å². The van der Waals surface area contributed by atoms with Gasteiger partial charge in [-0.1, -0.05) is 11.6 Å². The molecule has 7 heteroatoms. The molecule has 1 atom stereocenters. The lowest BCUT2D eigenvalue weighted by atomic mass is 10.1. The number of methoxy groups -OCH3 is 1. The van der Waals surface area contributed by atoms with Crippen molar-refractivity contribution in [3.05, 3.63) is 28.8 Å². The lowest BCUT2D eigenvalue weighted by Crippen LogP contribution is -2.53. The van der Waals surface area contributed by atoms with Gasteiger partial charge in [0.2, 0.25) is 0 Å². The Bertz CT molecular complexity index is 533. The zero-order chi connectivity index (χ0) is 14.7. The first-order valence-corrected chi connectivity index (χ1v) is 6.37. The molecule has 1 amide bonds. The zero-order valence-corrected chi connectivity index (χ0v) is 11.6. The van der Waals surface area contributed by atoms with Crippen LogP contribution in [0.3, 0.4) is 0 Å². The normalized spacial score (nSPS) is 18.7. The van der Waals surface area contributed by atoms with E-state index in [0.29, 0.717) is 11.6 Å². The van der Waals surface area contributed by atoms with Crippen molar-refractivity contribution >= 4 is 23.5 Å². The minimum absolute atomic E-state index is 0.0762. The summed E-state index contributed by atoms with van der Waals surface area (Å²) in [6.45, 7) is 0.654. The molecule has 108 valence electrons. The molecule has 0 aliphatic carbocycles. The number of phenols is 1. The lowest BCUT2D eigenvalue weighted by Gasteiger charge is -2.33. The predicted octanol–water partition coefficient (Wildman–Crippen LogP) is 1.06. The van der Waals surface area contributed by atoms with Crippen molar-refractivity contribution in [1.82, 2.24) is 4.90 Å². The van der Waals surface area contributed by atoms with E-state index in [1.807, 2.05) is 0 Å². The van der Waals surface area contributed by atoms with Gasteiger partial charge in [0, 0.05) is 11.6 Å². The van der Waals surface area contributed by atoms with Crippen LogP contribution in [-0.4, -0.2) is 54.8 Å². The number of carbonyl (C=O) groups excluding carboxylic acids is 2. The van der Waals surface area contributed by atoms with E-state index in [9.17, 15) is 14.7 Å². The standard InChI is InChI=1S/C13H14ClNO5/c1-19-13(18)10-7-20-5-4-15(10)12(17)9-3-2-8(14)6-11(9)16/h2-3,6,10,16H,4-5,7H2,1H3. The summed E-state index contributed by atoms with van der Waals surface area (Å²) in [5.74, 6) is -1.23. The van der Waals surface area contributed by atoms with Gasteiger partial charge < -0.3 is 19.5 Å². The van der Waals surface area contributed by atoms with Crippen molar-refractivity contribution in [3.8, 4) is 5.75 Å². The number of hydrogen-bond acceptors (Lipinski definition) is 5. The Balaban J connectivity index is 2.27. The van der Waals surface area contributed by atoms with Crippen LogP contribution in [0.2, 0.25) is 5.02 Å². The number of hydrogen-bond donors (Lipinski definition) is 1. The van der Waals surface area contributed by atoms with Gasteiger partial charge in [-0.25, -0.2) is 4.79 Å². The number of phenolic OH excluding ortho intramolecular Hbond substituents is 1. The third-order valence-electron chi connectivity index (χ3n) is 3.05. The Kier molecular flexibility index (Phi) is 4.46. The van der Waals surface area contributed by atoms with Crippen molar-refractivity contribution in [2.45, 2.75) is 6.04 Å². The van der Waals surface area contributed by atoms with Crippen LogP contribution in [0, 0.1) is 0 Å². The summed E-state index contributed by atoms with van der Waals surface area (Å²) in [5, 5.41) is 10.1. The minimum Gasteiger partial charge on any atom is -0.507 e. The van der Waals surface area contributed by atoms with Crippen LogP contribution in [0.4, 0.5) is 0 Å². The summed E-state index contributed by atoms with van der Waals surface area (Å²) in [5.41, 5.74) is 0.0882. The second-order valence-corrected chi connectivity index (χ2v) is 4.71. The van der Waals surface area contributed by atoms with Gasteiger partial charge in [0.25, 0.3) is 5.91 Å². The number of rotatable bonds is 2. The van der Waals surface area contributed by atoms with E-state index in [1.54, 1.807) is 0 Å². The number of aromatic hydroxyl groups is 1. The Morgan fingerprint density at radius 1 is 1.50 bits per heavy atom. The van der Waals surface area contributed by atoms with E-state index in [4.69, 9.17) is 16.3 Å². The summed E-state index contributed by atoms with van der Waals surface area (Å²) in [6, 6.07) is 3.39. The first-order valence-electron chi connectivity index (χ1n) is 5.99. The van der Waals surface area contributed by atoms with Crippen molar-refractivity contribution in [2.75, 3.05) is 26.9 Å². The van der Waals surface area contributed by atoms with Crippen molar-refractivity contribution in [3.63, 3.8) is 0 Å². The number of morpholine rings is 1. The molecule has 20 heavy (non-hydrogen) atoms. The molecule has 0 saturated carbocycles. The molecule has 1 heterocycles. The molecule has 1 aliphatic rings. The minimum atomic E-state index is -0.809. The zero-order valence-electron chi connectivity index (χ0n) is 10.8. The van der Waals surface area contributed by atoms with Gasteiger partial charge in [-0.15, -0.1) is 0 Å². The number of carbonyl (C=O) groups is 2. The maximum absolute atomic E-state index is 12.4. The van der Waals surface area contributed by atoms with E-state index in [0.717, 1.165) is 0 Å². The number of esters is 1. The maximum atomic E-state index is 12.4. The number of benzene rings is 1. The fourth-order valence-electron chi connectivity index (χ4n) is 2.02. The van der Waals surface area contributed by atoms with E-state index in [2.05, 4.69) is 4.74 Å². The number of nitrogens with zero attached hydrogens (tertiary/aromatic N) is 1. The van der Waals surface area contributed by atoms with Crippen LogP contribution in [0.5, 0.6) is 5.75 Å². The SMILES string of the molecule is COC(=O)C1COCCN1C(=O)c1ccc(Cl)cc1O. The molecule has 0 bridgehead atoms. The Labute approximate surface area is 120 Å². The largest absolute Gasteiger partial charge is 0.507 e. The first kappa shape index (κ1) is 14.6. The van der Waals surface area contributed by atoms with Crippen LogP contribution >= 0.6 is 11.6 Å². The van der Waals surface area contributed by atoms with Crippen LogP contribution in [-0.2, 0) is 14.3 Å². The van der Waals surface area contributed by atoms with Crippen LogP contribution in [0.1, 0.15) is 10.4 Å². The molecule has 1 fully saturated rings. The third-order valence-corrected chi connectivity index (χ3v) is 3.29. The van der Waals surface area contributed by atoms with E-state index >= 15 is 0 Å². The smallest absolute Gasteiger partial charge is 0.331 e. The highest BCUT2D eigenvalue weighted by Crippen LogP contribution is 2.24. The molecule has 1 saturated heterocycles. The summed E-state index contributed by atoms with van der Waals surface area (Å²) in [6.07, 6.45) is 0. The van der Waals surface area contributed by atoms with Gasteiger partial charge in [0.15, 0.2) is 6.04 Å². The van der Waals surface area contributed by atoms with Crippen molar-refractivity contribution in [1.29, 1.82) is 0 Å². The lowest BCUT2D eigenvalue weighted by molar-refractivity contribution is -0.151. The highest BCUT2D eigenvalue weighted by atomic mass is 35.5. The molecule has 6 nitrogen and oxygen atoms in total. The maximum Gasteiger partial charge on any atom is 0.331 e. The van der Waals surface area contributed by atoms with Gasteiger partial charge in [-0.05, 0) is 18.2 Å². The van der Waals surface area contributed by atoms with Gasteiger partial charge in [0.1, 0.15) is 5.75 Å². The Morgan fingerprint density at radius 2 is 2.25 bits per heavy atom. The number of ether oxygens (including phenoxy) is 2. The highest BCUT2D eigenvalue weighted by molar-refractivity contribution is 6.30. The molecule has 1 aromatic carbocycles. The molecule has 1 unspecified atom stereocenters. The van der Waals surface area contributed by atoms with Crippen LogP contribution < -0.4 is 0 Å². The average molecular weight is 300 g/mol. The van der Waals surface area contributed by atoms with Gasteiger partial charge in [-0.3, -0.25) is 4.79 Å². The van der Waals surface area contributed by atoms with E-state index in [-0.39, 0.29) is 24.5 Å². The fourth-order valence-corrected chi connectivity index (χ4v) is 2.18. The molecular formula is C13H14ClNO5. The molecule has 0 aromatic heterocycles. The monoisotopic (exact) mass is 299 g/mol. The molecular weight excluding hydrogens is 286 g/mol. The summed E-state index contributed by atoms with van der Waals surface area (Å²) in [4.78, 5) is 25.4.